The van der Waals surface area contributed by atoms with Gasteiger partial charge in [-0.15, -0.1) is 0 Å². The van der Waals surface area contributed by atoms with Crippen LogP contribution in [0.4, 0.5) is 4.79 Å². The number of allylic oxidation sites excluding steroid dienone is 2. The highest BCUT2D eigenvalue weighted by Crippen LogP contribution is 2.30. The number of amides is 1. The van der Waals surface area contributed by atoms with Crippen LogP contribution in [0.2, 0.25) is 0 Å². The molecule has 8 heteroatoms. The van der Waals surface area contributed by atoms with E-state index >= 15 is 0 Å². The SMILES string of the molecule is CCC=C[C@H](C)[C@H](OC(N)=O)[C@@H](C)[C@H](O)[C@@H](C)CC(C)=C[C@H](C)[C@@H](O)[C@@H](C)C=C[C@@H](O)C[C@@H]1OC(=O)[C@H](C)C[C@H]1C. The number of aliphatic hydroxyl groups excluding tert-OH is 3. The van der Waals surface area contributed by atoms with Crippen LogP contribution < -0.4 is 5.73 Å². The molecule has 1 rings (SSSR count). The molecule has 1 amide bonds. The number of hydrogen-bond donors (Lipinski definition) is 4. The third kappa shape index (κ3) is 12.3. The number of nitrogens with two attached hydrogens (primary N) is 1. The quantitative estimate of drug-likeness (QED) is 0.139. The first-order valence-electron chi connectivity index (χ1n) is 15.3. The van der Waals surface area contributed by atoms with Crippen LogP contribution in [-0.2, 0) is 14.3 Å². The van der Waals surface area contributed by atoms with E-state index in [2.05, 4.69) is 0 Å². The fourth-order valence-corrected chi connectivity index (χ4v) is 5.92. The first kappa shape index (κ1) is 36.9. The van der Waals surface area contributed by atoms with Gasteiger partial charge in [-0.3, -0.25) is 4.79 Å². The molecule has 8 nitrogen and oxygen atoms in total. The number of esters is 1. The van der Waals surface area contributed by atoms with Crippen molar-refractivity contribution in [1.29, 1.82) is 0 Å². The molecule has 0 radical (unpaired) electrons. The fraction of sp³-hybridized carbons (Fsp3) is 0.758. The summed E-state index contributed by atoms with van der Waals surface area (Å²) in [6, 6.07) is 0. The highest BCUT2D eigenvalue weighted by molar-refractivity contribution is 5.73. The molecule has 1 heterocycles. The molecule has 0 aromatic carbocycles. The molecule has 41 heavy (non-hydrogen) atoms. The first-order chi connectivity index (χ1) is 19.1. The zero-order chi connectivity index (χ0) is 31.4. The molecule has 0 aliphatic carbocycles. The average molecular weight is 580 g/mol. The minimum Gasteiger partial charge on any atom is -0.462 e. The Kier molecular flexibility index (Phi) is 15.9. The van der Waals surface area contributed by atoms with Crippen molar-refractivity contribution in [2.75, 3.05) is 0 Å². The molecule has 5 N–H and O–H groups in total. The maximum absolute atomic E-state index is 11.9. The van der Waals surface area contributed by atoms with Gasteiger partial charge in [-0.2, -0.15) is 0 Å². The van der Waals surface area contributed by atoms with Crippen LogP contribution >= 0.6 is 0 Å². The molecule has 1 fully saturated rings. The Labute approximate surface area is 248 Å². The van der Waals surface area contributed by atoms with E-state index in [1.165, 1.54) is 0 Å². The number of ether oxygens (including phenoxy) is 2. The predicted octanol–water partition coefficient (Wildman–Crippen LogP) is 5.55. The summed E-state index contributed by atoms with van der Waals surface area (Å²) in [5.41, 5.74) is 6.36. The van der Waals surface area contributed by atoms with Gasteiger partial charge in [-0.05, 0) is 38.0 Å². The van der Waals surface area contributed by atoms with Gasteiger partial charge in [0, 0.05) is 30.1 Å². The Balaban J connectivity index is 2.73. The number of cyclic esters (lactones) is 1. The lowest BCUT2D eigenvalue weighted by molar-refractivity contribution is -0.165. The summed E-state index contributed by atoms with van der Waals surface area (Å²) >= 11 is 0. The highest BCUT2D eigenvalue weighted by Gasteiger charge is 2.34. The van der Waals surface area contributed by atoms with Crippen molar-refractivity contribution in [2.24, 2.45) is 47.2 Å². The standard InChI is InChI=1S/C33H57NO7/c1-10-11-12-21(4)31(41-33(34)39)26(9)30(37)24(7)16-19(2)15-23(6)29(36)20(3)13-14-27(35)18-28-22(5)17-25(8)32(38)40-28/h11-15,20-31,35-37H,10,16-18H2,1-9H3,(H2,34,39)/t20-,21-,22+,23-,24-,25+,26-,27+,28-,29-,30+,31-/m0/s1. The monoisotopic (exact) mass is 579 g/mol. The van der Waals surface area contributed by atoms with E-state index in [-0.39, 0.29) is 53.5 Å². The van der Waals surface area contributed by atoms with E-state index in [0.717, 1.165) is 18.4 Å². The van der Waals surface area contributed by atoms with Crippen molar-refractivity contribution in [3.8, 4) is 0 Å². The second-order valence-corrected chi connectivity index (χ2v) is 12.6. The zero-order valence-electron chi connectivity index (χ0n) is 26.7. The van der Waals surface area contributed by atoms with Gasteiger partial charge in [-0.25, -0.2) is 4.79 Å². The largest absolute Gasteiger partial charge is 0.462 e. The van der Waals surface area contributed by atoms with Crippen molar-refractivity contribution in [3.05, 3.63) is 36.0 Å². The molecule has 0 saturated carbocycles. The molecular weight excluding hydrogens is 522 g/mol. The van der Waals surface area contributed by atoms with Gasteiger partial charge in [0.25, 0.3) is 0 Å². The molecule has 1 saturated heterocycles. The second kappa shape index (κ2) is 17.7. The molecule has 236 valence electrons. The minimum absolute atomic E-state index is 0.0936. The Hall–Kier alpha value is -2.16. The number of carbonyl (C=O) groups excluding carboxylic acids is 2. The van der Waals surface area contributed by atoms with Crippen molar-refractivity contribution >= 4 is 12.1 Å². The summed E-state index contributed by atoms with van der Waals surface area (Å²) < 4.78 is 10.9. The lowest BCUT2D eigenvalue weighted by Gasteiger charge is -2.33. The molecule has 0 aromatic heterocycles. The maximum Gasteiger partial charge on any atom is 0.404 e. The maximum atomic E-state index is 11.9. The molecule has 0 bridgehead atoms. The van der Waals surface area contributed by atoms with E-state index in [0.29, 0.717) is 12.8 Å². The van der Waals surface area contributed by atoms with Gasteiger partial charge in [-0.1, -0.05) is 91.3 Å². The Morgan fingerprint density at radius 1 is 1.02 bits per heavy atom. The van der Waals surface area contributed by atoms with Crippen molar-refractivity contribution < 1.29 is 34.4 Å². The summed E-state index contributed by atoms with van der Waals surface area (Å²) in [5, 5.41) is 32.6. The van der Waals surface area contributed by atoms with Crippen LogP contribution in [0.5, 0.6) is 0 Å². The lowest BCUT2D eigenvalue weighted by atomic mass is 9.81. The molecule has 0 spiro atoms. The third-order valence-corrected chi connectivity index (χ3v) is 8.50. The summed E-state index contributed by atoms with van der Waals surface area (Å²) in [5.74, 6) is -1.03. The van der Waals surface area contributed by atoms with Gasteiger partial charge in [0.15, 0.2) is 0 Å². The van der Waals surface area contributed by atoms with Crippen LogP contribution in [0.1, 0.15) is 88.0 Å². The highest BCUT2D eigenvalue weighted by atomic mass is 16.6. The summed E-state index contributed by atoms with van der Waals surface area (Å²) in [6.45, 7) is 17.5. The fourth-order valence-electron chi connectivity index (χ4n) is 5.92. The van der Waals surface area contributed by atoms with Crippen LogP contribution in [0, 0.1) is 41.4 Å². The number of hydrogen-bond acceptors (Lipinski definition) is 7. The van der Waals surface area contributed by atoms with Crippen molar-refractivity contribution in [2.45, 2.75) is 119 Å². The smallest absolute Gasteiger partial charge is 0.404 e. The van der Waals surface area contributed by atoms with Crippen molar-refractivity contribution in [3.63, 3.8) is 0 Å². The topological polar surface area (TPSA) is 139 Å². The Morgan fingerprint density at radius 3 is 2.24 bits per heavy atom. The summed E-state index contributed by atoms with van der Waals surface area (Å²) in [6.07, 6.45) is 8.21. The van der Waals surface area contributed by atoms with E-state index < -0.39 is 30.5 Å². The van der Waals surface area contributed by atoms with E-state index in [1.807, 2.05) is 86.6 Å². The third-order valence-electron chi connectivity index (χ3n) is 8.50. The number of primary amides is 1. The van der Waals surface area contributed by atoms with Crippen molar-refractivity contribution in [1.82, 2.24) is 0 Å². The molecule has 1 aliphatic rings. The number of rotatable bonds is 16. The first-order valence-corrected chi connectivity index (χ1v) is 15.3. The lowest BCUT2D eigenvalue weighted by Crippen LogP contribution is -2.41. The molecule has 0 unspecified atom stereocenters. The van der Waals surface area contributed by atoms with Crippen LogP contribution in [0.15, 0.2) is 36.0 Å². The van der Waals surface area contributed by atoms with Gasteiger partial charge in [0.2, 0.25) is 0 Å². The molecule has 12 atom stereocenters. The summed E-state index contributed by atoms with van der Waals surface area (Å²) in [4.78, 5) is 23.5. The Morgan fingerprint density at radius 2 is 1.66 bits per heavy atom. The number of carbonyl (C=O) groups is 2. The van der Waals surface area contributed by atoms with Gasteiger partial charge >= 0.3 is 12.1 Å². The van der Waals surface area contributed by atoms with Gasteiger partial charge in [0.05, 0.1) is 24.2 Å². The predicted molar refractivity (Wildman–Crippen MR) is 163 cm³/mol. The van der Waals surface area contributed by atoms with E-state index in [9.17, 15) is 24.9 Å². The minimum atomic E-state index is -0.852. The second-order valence-electron chi connectivity index (χ2n) is 12.6. The van der Waals surface area contributed by atoms with Crippen LogP contribution in [0.3, 0.4) is 0 Å². The number of aliphatic hydroxyl groups is 3. The van der Waals surface area contributed by atoms with Gasteiger partial charge in [0.1, 0.15) is 12.2 Å². The van der Waals surface area contributed by atoms with E-state index in [1.54, 1.807) is 6.08 Å². The van der Waals surface area contributed by atoms with Gasteiger partial charge < -0.3 is 30.5 Å². The van der Waals surface area contributed by atoms with Crippen LogP contribution in [0.25, 0.3) is 0 Å². The Bertz CT molecular complexity index is 900. The zero-order valence-corrected chi connectivity index (χ0v) is 26.7. The molecular formula is C33H57NO7. The van der Waals surface area contributed by atoms with Crippen LogP contribution in [-0.4, -0.2) is 57.9 Å². The molecule has 0 aromatic rings. The van der Waals surface area contributed by atoms with E-state index in [4.69, 9.17) is 15.2 Å². The average Bonchev–Trinajstić information content (AvgIpc) is 2.90. The molecule has 1 aliphatic heterocycles. The normalized spacial score (nSPS) is 27.0. The summed E-state index contributed by atoms with van der Waals surface area (Å²) in [7, 11) is 0.